The summed E-state index contributed by atoms with van der Waals surface area (Å²) in [5.74, 6) is 1.33. The van der Waals surface area contributed by atoms with Crippen LogP contribution in [0.15, 0.2) is 16.7 Å². The summed E-state index contributed by atoms with van der Waals surface area (Å²) in [5.41, 5.74) is 0.733. The van der Waals surface area contributed by atoms with Gasteiger partial charge in [0.15, 0.2) is 5.82 Å². The average Bonchev–Trinajstić information content (AvgIpc) is 2.95. The summed E-state index contributed by atoms with van der Waals surface area (Å²) < 4.78 is 5.06. The second-order valence-electron chi connectivity index (χ2n) is 4.97. The van der Waals surface area contributed by atoms with Crippen molar-refractivity contribution in [3.63, 3.8) is 0 Å². The number of piperazine rings is 1. The monoisotopic (exact) mass is 281 g/mol. The van der Waals surface area contributed by atoms with Gasteiger partial charge in [-0.25, -0.2) is 0 Å². The number of anilines is 1. The molecule has 102 valence electrons. The van der Waals surface area contributed by atoms with Crippen molar-refractivity contribution in [3.05, 3.63) is 17.5 Å². The Kier molecular flexibility index (Phi) is 3.20. The molecule has 3 heterocycles. The zero-order valence-corrected chi connectivity index (χ0v) is 11.6. The van der Waals surface area contributed by atoms with Gasteiger partial charge in [-0.15, -0.1) is 5.10 Å². The molecule has 0 aliphatic carbocycles. The molecule has 2 N–H and O–H groups in total. The Hall–Kier alpha value is -1.53. The van der Waals surface area contributed by atoms with Gasteiger partial charge in [0.25, 0.3) is 0 Å². The molecule has 0 spiro atoms. The molecule has 0 amide bonds. The second-order valence-corrected chi connectivity index (χ2v) is 5.31. The predicted octanol–water partition coefficient (Wildman–Crippen LogP) is 1.90. The highest BCUT2D eigenvalue weighted by molar-refractivity contribution is 6.31. The van der Waals surface area contributed by atoms with E-state index in [1.807, 2.05) is 0 Å². The lowest BCUT2D eigenvalue weighted by atomic mass is 10.1. The van der Waals surface area contributed by atoms with Crippen LogP contribution in [0, 0.1) is 0 Å². The number of halogens is 1. The van der Waals surface area contributed by atoms with E-state index in [-0.39, 0.29) is 0 Å². The molecule has 2 atom stereocenters. The third kappa shape index (κ3) is 2.46. The Morgan fingerprint density at radius 2 is 2.11 bits per heavy atom. The van der Waals surface area contributed by atoms with Crippen molar-refractivity contribution in [2.24, 2.45) is 0 Å². The van der Waals surface area contributed by atoms with Crippen molar-refractivity contribution in [1.82, 2.24) is 20.5 Å². The van der Waals surface area contributed by atoms with Crippen molar-refractivity contribution in [2.45, 2.75) is 25.9 Å². The van der Waals surface area contributed by atoms with Crippen LogP contribution < -0.4 is 10.2 Å². The molecular weight excluding hydrogens is 266 g/mol. The minimum Gasteiger partial charge on any atom is -0.452 e. The molecule has 0 saturated carbocycles. The molecule has 2 aromatic rings. The van der Waals surface area contributed by atoms with Gasteiger partial charge >= 0.3 is 0 Å². The SMILES string of the molecule is CC1CN(c2n[nH]c(-c3ccoc3Cl)n2)CC(C)N1. The number of hydrogen-bond acceptors (Lipinski definition) is 5. The molecule has 6 nitrogen and oxygen atoms in total. The van der Waals surface area contributed by atoms with Gasteiger partial charge in [0.1, 0.15) is 0 Å². The Morgan fingerprint density at radius 1 is 1.37 bits per heavy atom. The predicted molar refractivity (Wildman–Crippen MR) is 73.4 cm³/mol. The number of nitrogens with zero attached hydrogens (tertiary/aromatic N) is 3. The summed E-state index contributed by atoms with van der Waals surface area (Å²) in [6.45, 7) is 6.09. The summed E-state index contributed by atoms with van der Waals surface area (Å²) >= 11 is 5.94. The summed E-state index contributed by atoms with van der Waals surface area (Å²) in [6.07, 6.45) is 1.54. The third-order valence-electron chi connectivity index (χ3n) is 3.19. The van der Waals surface area contributed by atoms with Crippen LogP contribution in [0.1, 0.15) is 13.8 Å². The van der Waals surface area contributed by atoms with Crippen molar-refractivity contribution in [2.75, 3.05) is 18.0 Å². The maximum absolute atomic E-state index is 5.94. The molecule has 0 aromatic carbocycles. The van der Waals surface area contributed by atoms with E-state index < -0.39 is 0 Å². The van der Waals surface area contributed by atoms with Crippen LogP contribution in [0.2, 0.25) is 5.22 Å². The smallest absolute Gasteiger partial charge is 0.245 e. The average molecular weight is 282 g/mol. The van der Waals surface area contributed by atoms with Crippen LogP contribution in [0.3, 0.4) is 0 Å². The molecule has 0 bridgehead atoms. The first kappa shape index (κ1) is 12.5. The lowest BCUT2D eigenvalue weighted by molar-refractivity contribution is 0.403. The van der Waals surface area contributed by atoms with Crippen LogP contribution in [-0.2, 0) is 0 Å². The molecule has 1 fully saturated rings. The molecular formula is C12H16ClN5O. The Morgan fingerprint density at radius 3 is 2.74 bits per heavy atom. The van der Waals surface area contributed by atoms with E-state index >= 15 is 0 Å². The van der Waals surface area contributed by atoms with E-state index in [1.54, 1.807) is 6.07 Å². The first-order chi connectivity index (χ1) is 9.13. The van der Waals surface area contributed by atoms with Gasteiger partial charge < -0.3 is 14.6 Å². The number of nitrogens with one attached hydrogen (secondary N) is 2. The quantitative estimate of drug-likeness (QED) is 0.880. The molecule has 2 unspecified atom stereocenters. The van der Waals surface area contributed by atoms with Gasteiger partial charge in [0, 0.05) is 25.2 Å². The number of hydrogen-bond donors (Lipinski definition) is 2. The maximum atomic E-state index is 5.94. The first-order valence-electron chi connectivity index (χ1n) is 6.30. The highest BCUT2D eigenvalue weighted by atomic mass is 35.5. The van der Waals surface area contributed by atoms with Gasteiger partial charge in [0.05, 0.1) is 11.8 Å². The molecule has 2 aromatic heterocycles. The first-order valence-corrected chi connectivity index (χ1v) is 6.68. The summed E-state index contributed by atoms with van der Waals surface area (Å²) in [6, 6.07) is 2.61. The Bertz CT molecular complexity index is 556. The standard InChI is InChI=1S/C12H16ClN5O/c1-7-5-18(6-8(2)14-7)12-15-11(16-17-12)9-3-4-19-10(9)13/h3-4,7-8,14H,5-6H2,1-2H3,(H,15,16,17). The molecule has 19 heavy (non-hydrogen) atoms. The van der Waals surface area contributed by atoms with E-state index in [4.69, 9.17) is 16.0 Å². The van der Waals surface area contributed by atoms with Gasteiger partial charge in [-0.3, -0.25) is 5.10 Å². The van der Waals surface area contributed by atoms with Crippen LogP contribution in [0.25, 0.3) is 11.4 Å². The number of aromatic nitrogens is 3. The van der Waals surface area contributed by atoms with Crippen LogP contribution in [0.5, 0.6) is 0 Å². The van der Waals surface area contributed by atoms with Gasteiger partial charge in [0.2, 0.25) is 11.2 Å². The number of rotatable bonds is 2. The minimum atomic E-state index is 0.324. The number of H-pyrrole nitrogens is 1. The second kappa shape index (κ2) is 4.86. The van der Waals surface area contributed by atoms with Crippen molar-refractivity contribution >= 4 is 17.5 Å². The van der Waals surface area contributed by atoms with Gasteiger partial charge in [-0.2, -0.15) is 4.98 Å². The molecule has 1 aliphatic heterocycles. The van der Waals surface area contributed by atoms with Crippen LogP contribution in [0.4, 0.5) is 5.95 Å². The zero-order chi connectivity index (χ0) is 13.4. The van der Waals surface area contributed by atoms with Crippen LogP contribution in [-0.4, -0.2) is 40.4 Å². The van der Waals surface area contributed by atoms with E-state index in [2.05, 4.69) is 39.2 Å². The van der Waals surface area contributed by atoms with Crippen molar-refractivity contribution in [3.8, 4) is 11.4 Å². The summed E-state index contributed by atoms with van der Waals surface area (Å²) in [5, 5.41) is 11.0. The van der Waals surface area contributed by atoms with E-state index in [0.29, 0.717) is 29.1 Å². The van der Waals surface area contributed by atoms with E-state index in [1.165, 1.54) is 6.26 Å². The fraction of sp³-hybridized carbons (Fsp3) is 0.500. The minimum absolute atomic E-state index is 0.324. The highest BCUT2D eigenvalue weighted by Gasteiger charge is 2.24. The van der Waals surface area contributed by atoms with Gasteiger partial charge in [-0.1, -0.05) is 0 Å². The zero-order valence-electron chi connectivity index (χ0n) is 10.9. The normalized spacial score (nSPS) is 23.8. The summed E-state index contributed by atoms with van der Waals surface area (Å²) in [4.78, 5) is 6.66. The molecule has 1 saturated heterocycles. The molecule has 0 radical (unpaired) electrons. The molecule has 1 aliphatic rings. The number of furan rings is 1. The Balaban J connectivity index is 1.83. The third-order valence-corrected chi connectivity index (χ3v) is 3.48. The van der Waals surface area contributed by atoms with Gasteiger partial charge in [-0.05, 0) is 31.5 Å². The fourth-order valence-corrected chi connectivity index (χ4v) is 2.67. The van der Waals surface area contributed by atoms with Crippen molar-refractivity contribution < 1.29 is 4.42 Å². The van der Waals surface area contributed by atoms with E-state index in [9.17, 15) is 0 Å². The molecule has 7 heteroatoms. The largest absolute Gasteiger partial charge is 0.452 e. The molecule has 3 rings (SSSR count). The maximum Gasteiger partial charge on any atom is 0.245 e. The Labute approximate surface area is 116 Å². The fourth-order valence-electron chi connectivity index (χ4n) is 2.47. The lowest BCUT2D eigenvalue weighted by Crippen LogP contribution is -2.54. The van der Waals surface area contributed by atoms with Crippen LogP contribution >= 0.6 is 11.6 Å². The number of aromatic amines is 1. The summed E-state index contributed by atoms with van der Waals surface area (Å²) in [7, 11) is 0. The van der Waals surface area contributed by atoms with Crippen molar-refractivity contribution in [1.29, 1.82) is 0 Å². The topological polar surface area (TPSA) is 70.0 Å². The lowest BCUT2D eigenvalue weighted by Gasteiger charge is -2.35. The highest BCUT2D eigenvalue weighted by Crippen LogP contribution is 2.27. The van der Waals surface area contributed by atoms with E-state index in [0.717, 1.165) is 18.7 Å².